The molecule has 40 heavy (non-hydrogen) atoms. The second-order valence-electron chi connectivity index (χ2n) is 9.86. The molecule has 1 aliphatic rings. The van der Waals surface area contributed by atoms with E-state index in [9.17, 15) is 18.0 Å². The number of hydrogen-bond donors (Lipinski definition) is 4. The van der Waals surface area contributed by atoms with Gasteiger partial charge in [0.05, 0.1) is 17.8 Å². The van der Waals surface area contributed by atoms with Crippen molar-refractivity contribution < 1.29 is 18.0 Å². The van der Waals surface area contributed by atoms with Gasteiger partial charge in [-0.1, -0.05) is 23.5 Å². The first-order valence-electron chi connectivity index (χ1n) is 12.8. The molecular formula is C27H29F3N8OS. The lowest BCUT2D eigenvalue weighted by Gasteiger charge is -2.30. The summed E-state index contributed by atoms with van der Waals surface area (Å²) in [5, 5.41) is 23.3. The summed E-state index contributed by atoms with van der Waals surface area (Å²) < 4.78 is 42.2. The Hall–Kier alpha value is -3.97. The van der Waals surface area contributed by atoms with Crippen LogP contribution in [0.5, 0.6) is 0 Å². The summed E-state index contributed by atoms with van der Waals surface area (Å²) in [6, 6.07) is 11.9. The van der Waals surface area contributed by atoms with Crippen molar-refractivity contribution >= 4 is 45.7 Å². The van der Waals surface area contributed by atoms with Crippen LogP contribution in [-0.4, -0.2) is 64.1 Å². The lowest BCUT2D eigenvalue weighted by atomic mass is 10.0. The zero-order valence-corrected chi connectivity index (χ0v) is 22.6. The molecule has 1 fully saturated rings. The lowest BCUT2D eigenvalue weighted by molar-refractivity contribution is -0.139. The summed E-state index contributed by atoms with van der Waals surface area (Å²) in [6.07, 6.45) is -1.43. The van der Waals surface area contributed by atoms with Crippen LogP contribution in [0.3, 0.4) is 0 Å². The SMILES string of the molecule is CN1CCC(Nc2cccc3c2cc(-c2nnc(CNC(=O)c4ccc(C=N)c(N)c4)s2)n3CC(F)(F)F)CC1. The number of alkyl halides is 3. The molecule has 1 amide bonds. The zero-order chi connectivity index (χ0) is 28.4. The lowest BCUT2D eigenvalue weighted by Crippen LogP contribution is -2.36. The molecule has 0 atom stereocenters. The number of amides is 1. The van der Waals surface area contributed by atoms with Gasteiger partial charge in [-0.15, -0.1) is 10.2 Å². The van der Waals surface area contributed by atoms with Crippen molar-refractivity contribution in [3.63, 3.8) is 0 Å². The monoisotopic (exact) mass is 570 g/mol. The van der Waals surface area contributed by atoms with Gasteiger partial charge in [-0.05, 0) is 63.3 Å². The first-order valence-corrected chi connectivity index (χ1v) is 13.6. The van der Waals surface area contributed by atoms with Crippen molar-refractivity contribution in [2.45, 2.75) is 38.1 Å². The third-order valence-corrected chi connectivity index (χ3v) is 7.90. The highest BCUT2D eigenvalue weighted by atomic mass is 32.1. The van der Waals surface area contributed by atoms with Gasteiger partial charge in [0.25, 0.3) is 5.91 Å². The predicted octanol–water partition coefficient (Wildman–Crippen LogP) is 4.74. The van der Waals surface area contributed by atoms with E-state index >= 15 is 0 Å². The number of likely N-dealkylation sites (tertiary alicyclic amines) is 1. The largest absolute Gasteiger partial charge is 0.406 e. The summed E-state index contributed by atoms with van der Waals surface area (Å²) in [5.74, 6) is -0.393. The topological polar surface area (TPSA) is 125 Å². The van der Waals surface area contributed by atoms with E-state index in [-0.39, 0.29) is 12.6 Å². The van der Waals surface area contributed by atoms with E-state index in [1.807, 2.05) is 6.07 Å². The van der Waals surface area contributed by atoms with Crippen LogP contribution in [0.4, 0.5) is 24.5 Å². The normalized spacial score (nSPS) is 14.9. The van der Waals surface area contributed by atoms with E-state index in [4.69, 9.17) is 11.1 Å². The van der Waals surface area contributed by atoms with Gasteiger partial charge in [0.2, 0.25) is 0 Å². The van der Waals surface area contributed by atoms with Crippen LogP contribution >= 0.6 is 11.3 Å². The van der Waals surface area contributed by atoms with E-state index in [1.54, 1.807) is 30.3 Å². The number of nitrogens with one attached hydrogen (secondary N) is 3. The average Bonchev–Trinajstić information content (AvgIpc) is 3.53. The van der Waals surface area contributed by atoms with E-state index < -0.39 is 18.6 Å². The summed E-state index contributed by atoms with van der Waals surface area (Å²) in [6.45, 7) is 0.800. The van der Waals surface area contributed by atoms with Crippen LogP contribution in [0, 0.1) is 5.41 Å². The van der Waals surface area contributed by atoms with Crippen molar-refractivity contribution in [1.82, 2.24) is 25.0 Å². The second-order valence-corrected chi connectivity index (χ2v) is 10.9. The summed E-state index contributed by atoms with van der Waals surface area (Å²) in [4.78, 5) is 14.8. The molecular weight excluding hydrogens is 541 g/mol. The minimum atomic E-state index is -4.44. The number of carbonyl (C=O) groups is 1. The molecule has 3 heterocycles. The Morgan fingerprint density at radius 1 is 1.20 bits per heavy atom. The molecule has 0 bridgehead atoms. The maximum Gasteiger partial charge on any atom is 0.406 e. The third kappa shape index (κ3) is 6.10. The maximum atomic E-state index is 13.7. The minimum Gasteiger partial charge on any atom is -0.398 e. The average molecular weight is 571 g/mol. The zero-order valence-electron chi connectivity index (χ0n) is 21.8. The number of halogens is 3. The second kappa shape index (κ2) is 11.3. The summed E-state index contributed by atoms with van der Waals surface area (Å²) in [7, 11) is 2.08. The molecule has 1 saturated heterocycles. The van der Waals surface area contributed by atoms with Gasteiger partial charge in [0.15, 0.2) is 5.01 Å². The maximum absolute atomic E-state index is 13.7. The van der Waals surface area contributed by atoms with Gasteiger partial charge in [-0.25, -0.2) is 0 Å². The number of piperidine rings is 1. The molecule has 1 aliphatic heterocycles. The van der Waals surface area contributed by atoms with Gasteiger partial charge < -0.3 is 31.2 Å². The van der Waals surface area contributed by atoms with Crippen LogP contribution in [0.2, 0.25) is 0 Å². The standard InChI is InChI=1S/C27H29F3N8OS/c1-37-9-7-18(8-10-37)34-21-3-2-4-22-19(21)12-23(38(22)15-27(28,29)30)26-36-35-24(40-26)14-33-25(39)16-5-6-17(13-31)20(32)11-16/h2-6,11-13,18,31,34H,7-10,14-15,32H2,1H3,(H,33,39). The van der Waals surface area contributed by atoms with Gasteiger partial charge in [-0.2, -0.15) is 13.2 Å². The highest BCUT2D eigenvalue weighted by Crippen LogP contribution is 2.36. The Morgan fingerprint density at radius 3 is 2.67 bits per heavy atom. The molecule has 13 heteroatoms. The van der Waals surface area contributed by atoms with Crippen LogP contribution in [0.25, 0.3) is 21.6 Å². The Balaban J connectivity index is 1.40. The van der Waals surface area contributed by atoms with Crippen LogP contribution in [0.1, 0.15) is 33.8 Å². The molecule has 5 N–H and O–H groups in total. The van der Waals surface area contributed by atoms with Crippen LogP contribution < -0.4 is 16.4 Å². The van der Waals surface area contributed by atoms with Gasteiger partial charge in [0, 0.05) is 40.1 Å². The van der Waals surface area contributed by atoms with Crippen molar-refractivity contribution in [3.05, 3.63) is 58.6 Å². The number of aromatic nitrogens is 3. The smallest absolute Gasteiger partial charge is 0.398 e. The number of nitrogens with zero attached hydrogens (tertiary/aromatic N) is 4. The number of nitrogen functional groups attached to an aromatic ring is 1. The molecule has 2 aromatic heterocycles. The first kappa shape index (κ1) is 27.6. The molecule has 4 aromatic rings. The number of fused-ring (bicyclic) bond motifs is 1. The van der Waals surface area contributed by atoms with Gasteiger partial charge in [-0.3, -0.25) is 4.79 Å². The van der Waals surface area contributed by atoms with Gasteiger partial charge >= 0.3 is 6.18 Å². The molecule has 0 saturated carbocycles. The highest BCUT2D eigenvalue weighted by Gasteiger charge is 2.31. The van der Waals surface area contributed by atoms with Crippen molar-refractivity contribution in [3.8, 4) is 10.7 Å². The Bertz CT molecular complexity index is 1540. The van der Waals surface area contributed by atoms with Gasteiger partial charge in [0.1, 0.15) is 11.6 Å². The number of hydrogen-bond acceptors (Lipinski definition) is 8. The number of nitrogens with two attached hydrogens (primary N) is 1. The third-order valence-electron chi connectivity index (χ3n) is 6.95. The highest BCUT2D eigenvalue weighted by molar-refractivity contribution is 7.14. The molecule has 5 rings (SSSR count). The van der Waals surface area contributed by atoms with Crippen LogP contribution in [0.15, 0.2) is 42.5 Å². The van der Waals surface area contributed by atoms with E-state index in [0.717, 1.165) is 49.2 Å². The van der Waals surface area contributed by atoms with E-state index in [2.05, 4.69) is 32.8 Å². The number of rotatable bonds is 8. The fraction of sp³-hybridized carbons (Fsp3) is 0.333. The number of benzene rings is 2. The molecule has 0 unspecified atom stereocenters. The fourth-order valence-electron chi connectivity index (χ4n) is 4.84. The number of carbonyl (C=O) groups excluding carboxylic acids is 1. The summed E-state index contributed by atoms with van der Waals surface area (Å²) in [5.41, 5.74) is 8.56. The fourth-order valence-corrected chi connectivity index (χ4v) is 5.65. The predicted molar refractivity (Wildman–Crippen MR) is 151 cm³/mol. The molecule has 210 valence electrons. The van der Waals surface area contributed by atoms with Crippen molar-refractivity contribution in [1.29, 1.82) is 5.41 Å². The minimum absolute atomic E-state index is 0.0468. The van der Waals surface area contributed by atoms with Crippen LogP contribution in [-0.2, 0) is 13.1 Å². The van der Waals surface area contributed by atoms with Crippen molar-refractivity contribution in [2.75, 3.05) is 31.2 Å². The first-order chi connectivity index (χ1) is 19.1. The van der Waals surface area contributed by atoms with E-state index in [1.165, 1.54) is 10.6 Å². The molecule has 9 nitrogen and oxygen atoms in total. The number of anilines is 2. The van der Waals surface area contributed by atoms with Crippen molar-refractivity contribution in [2.24, 2.45) is 0 Å². The molecule has 0 spiro atoms. The molecule has 0 aliphatic carbocycles. The Morgan fingerprint density at radius 2 is 1.98 bits per heavy atom. The Kier molecular flexibility index (Phi) is 7.76. The quantitative estimate of drug-likeness (QED) is 0.179. The molecule has 0 radical (unpaired) electrons. The molecule has 2 aromatic carbocycles. The van der Waals surface area contributed by atoms with E-state index in [0.29, 0.717) is 43.4 Å². The summed E-state index contributed by atoms with van der Waals surface area (Å²) >= 11 is 1.12. The Labute approximate surface area is 232 Å².